The Morgan fingerprint density at radius 2 is 2.32 bits per heavy atom. The van der Waals surface area contributed by atoms with Crippen LogP contribution in [-0.2, 0) is 9.53 Å². The molecule has 2 rings (SSSR count). The zero-order chi connectivity index (χ0) is 16.3. The maximum atomic E-state index is 12.2. The summed E-state index contributed by atoms with van der Waals surface area (Å²) in [6.07, 6.45) is -3.74. The predicted octanol–water partition coefficient (Wildman–Crippen LogP) is 3.12. The van der Waals surface area contributed by atoms with Gasteiger partial charge in [0.15, 0.2) is 0 Å². The van der Waals surface area contributed by atoms with E-state index in [0.29, 0.717) is 13.1 Å². The largest absolute Gasteiger partial charge is 0.411 e. The molecule has 0 radical (unpaired) electrons. The van der Waals surface area contributed by atoms with E-state index < -0.39 is 18.9 Å². The number of aryl methyl sites for hydroxylation is 1. The number of hydrogen-bond acceptors (Lipinski definition) is 4. The molecular weight excluding hydrogens is 317 g/mol. The number of piperidine rings is 1. The van der Waals surface area contributed by atoms with Gasteiger partial charge in [0.25, 0.3) is 5.91 Å². The summed E-state index contributed by atoms with van der Waals surface area (Å²) >= 11 is 1.56. The number of carbonyl (C=O) groups excluding carboxylic acids is 1. The van der Waals surface area contributed by atoms with Crippen molar-refractivity contribution < 1.29 is 22.7 Å². The number of nitrogens with zero attached hydrogens (tertiary/aromatic N) is 2. The Bertz CT molecular complexity index is 518. The number of hydrogen-bond donors (Lipinski definition) is 0. The quantitative estimate of drug-likeness (QED) is 0.848. The molecule has 1 amide bonds. The lowest BCUT2D eigenvalue weighted by atomic mass is 9.98. The van der Waals surface area contributed by atoms with Gasteiger partial charge in [0.05, 0.1) is 5.01 Å². The van der Waals surface area contributed by atoms with Gasteiger partial charge in [-0.25, -0.2) is 4.98 Å². The fourth-order valence-electron chi connectivity index (χ4n) is 2.49. The van der Waals surface area contributed by atoms with Gasteiger partial charge in [-0.3, -0.25) is 4.79 Å². The fraction of sp³-hybridized carbons (Fsp3) is 0.714. The molecule has 0 aromatic carbocycles. The Hall–Kier alpha value is -1.15. The van der Waals surface area contributed by atoms with Crippen LogP contribution in [0.3, 0.4) is 0 Å². The highest BCUT2D eigenvalue weighted by molar-refractivity contribution is 7.09. The minimum absolute atomic E-state index is 0.159. The van der Waals surface area contributed by atoms with Crippen molar-refractivity contribution in [3.8, 4) is 0 Å². The van der Waals surface area contributed by atoms with Gasteiger partial charge in [-0.2, -0.15) is 13.2 Å². The zero-order valence-electron chi connectivity index (χ0n) is 12.5. The molecule has 1 aliphatic rings. The first-order valence-electron chi connectivity index (χ1n) is 7.15. The highest BCUT2D eigenvalue weighted by Gasteiger charge is 2.33. The number of carbonyl (C=O) groups is 1. The van der Waals surface area contributed by atoms with Crippen molar-refractivity contribution in [2.24, 2.45) is 0 Å². The summed E-state index contributed by atoms with van der Waals surface area (Å²) in [5.74, 6) is -0.228. The molecule has 1 saturated heterocycles. The number of likely N-dealkylation sites (tertiary alicyclic amines) is 1. The standard InChI is InChI=1S/C14H19F3N2O2S/c1-9-7-22-12(18-9)11-4-3-5-19(6-11)13(20)10(2)21-8-14(15,16)17/h7,10-11H,3-6,8H2,1-2H3. The normalized spacial score (nSPS) is 21.0. The van der Waals surface area contributed by atoms with Gasteiger partial charge in [-0.05, 0) is 26.7 Å². The highest BCUT2D eigenvalue weighted by atomic mass is 32.1. The summed E-state index contributed by atoms with van der Waals surface area (Å²) in [6.45, 7) is 2.93. The molecule has 1 fully saturated rings. The van der Waals surface area contributed by atoms with Gasteiger partial charge < -0.3 is 9.64 Å². The van der Waals surface area contributed by atoms with Crippen molar-refractivity contribution in [2.75, 3.05) is 19.7 Å². The highest BCUT2D eigenvalue weighted by Crippen LogP contribution is 2.29. The molecule has 2 atom stereocenters. The van der Waals surface area contributed by atoms with Gasteiger partial charge in [0.2, 0.25) is 0 Å². The molecule has 0 bridgehead atoms. The summed E-state index contributed by atoms with van der Waals surface area (Å²) in [6, 6.07) is 0. The van der Waals surface area contributed by atoms with E-state index in [4.69, 9.17) is 0 Å². The van der Waals surface area contributed by atoms with Crippen LogP contribution in [0.5, 0.6) is 0 Å². The maximum absolute atomic E-state index is 12.2. The van der Waals surface area contributed by atoms with Crippen LogP contribution in [0.25, 0.3) is 0 Å². The molecule has 0 saturated carbocycles. The minimum atomic E-state index is -4.42. The van der Waals surface area contributed by atoms with Crippen molar-refractivity contribution >= 4 is 17.2 Å². The zero-order valence-corrected chi connectivity index (χ0v) is 13.3. The second kappa shape index (κ2) is 6.95. The SMILES string of the molecule is Cc1csc(C2CCCN(C(=O)C(C)OCC(F)(F)F)C2)n1. The van der Waals surface area contributed by atoms with Gasteiger partial charge in [-0.1, -0.05) is 0 Å². The number of aromatic nitrogens is 1. The molecule has 1 aliphatic heterocycles. The number of ether oxygens (including phenoxy) is 1. The van der Waals surface area contributed by atoms with Crippen molar-refractivity contribution in [1.82, 2.24) is 9.88 Å². The van der Waals surface area contributed by atoms with Crippen molar-refractivity contribution in [2.45, 2.75) is 44.9 Å². The predicted molar refractivity (Wildman–Crippen MR) is 76.9 cm³/mol. The molecule has 1 aromatic rings. The molecular formula is C14H19F3N2O2S. The number of amides is 1. The second-order valence-corrected chi connectivity index (χ2v) is 6.41. The molecule has 0 N–H and O–H groups in total. The number of alkyl halides is 3. The van der Waals surface area contributed by atoms with E-state index in [2.05, 4.69) is 9.72 Å². The van der Waals surface area contributed by atoms with E-state index in [1.54, 1.807) is 16.2 Å². The third-order valence-corrected chi connectivity index (χ3v) is 4.69. The average molecular weight is 336 g/mol. The Labute approximate surface area is 131 Å². The van der Waals surface area contributed by atoms with Gasteiger partial charge in [0, 0.05) is 30.1 Å². The van der Waals surface area contributed by atoms with Crippen LogP contribution in [0.2, 0.25) is 0 Å². The molecule has 8 heteroatoms. The average Bonchev–Trinajstić information content (AvgIpc) is 2.90. The summed E-state index contributed by atoms with van der Waals surface area (Å²) in [7, 11) is 0. The summed E-state index contributed by atoms with van der Waals surface area (Å²) in [5.41, 5.74) is 0.949. The van der Waals surface area contributed by atoms with E-state index in [-0.39, 0.29) is 11.8 Å². The fourth-order valence-corrected chi connectivity index (χ4v) is 3.41. The van der Waals surface area contributed by atoms with Gasteiger partial charge in [0.1, 0.15) is 12.7 Å². The van der Waals surface area contributed by atoms with E-state index in [0.717, 1.165) is 23.5 Å². The number of thiazole rings is 1. The summed E-state index contributed by atoms with van der Waals surface area (Å²) in [4.78, 5) is 18.2. The van der Waals surface area contributed by atoms with Crippen LogP contribution in [0.15, 0.2) is 5.38 Å². The van der Waals surface area contributed by atoms with Gasteiger partial charge >= 0.3 is 6.18 Å². The second-order valence-electron chi connectivity index (χ2n) is 5.52. The van der Waals surface area contributed by atoms with Crippen molar-refractivity contribution in [3.05, 3.63) is 16.1 Å². The maximum Gasteiger partial charge on any atom is 0.411 e. The van der Waals surface area contributed by atoms with Crippen LogP contribution in [-0.4, -0.2) is 47.8 Å². The molecule has 124 valence electrons. The Kier molecular flexibility index (Phi) is 5.44. The molecule has 2 unspecified atom stereocenters. The van der Waals surface area contributed by atoms with Crippen LogP contribution >= 0.6 is 11.3 Å². The lowest BCUT2D eigenvalue weighted by molar-refractivity contribution is -0.188. The summed E-state index contributed by atoms with van der Waals surface area (Å²) < 4.78 is 41.1. The molecule has 1 aromatic heterocycles. The third kappa shape index (κ3) is 4.67. The van der Waals surface area contributed by atoms with Crippen LogP contribution in [0.1, 0.15) is 36.4 Å². The third-order valence-electron chi connectivity index (χ3n) is 3.56. The van der Waals surface area contributed by atoms with Crippen molar-refractivity contribution in [3.63, 3.8) is 0 Å². The first kappa shape index (κ1) is 17.2. The van der Waals surface area contributed by atoms with E-state index in [1.165, 1.54) is 6.92 Å². The smallest absolute Gasteiger partial charge is 0.359 e. The van der Waals surface area contributed by atoms with Crippen LogP contribution < -0.4 is 0 Å². The lowest BCUT2D eigenvalue weighted by Crippen LogP contribution is -2.45. The number of halogens is 3. The lowest BCUT2D eigenvalue weighted by Gasteiger charge is -2.33. The first-order valence-corrected chi connectivity index (χ1v) is 8.03. The van der Waals surface area contributed by atoms with E-state index in [1.807, 2.05) is 12.3 Å². The van der Waals surface area contributed by atoms with Crippen LogP contribution in [0.4, 0.5) is 13.2 Å². The van der Waals surface area contributed by atoms with Gasteiger partial charge in [-0.15, -0.1) is 11.3 Å². The molecule has 2 heterocycles. The van der Waals surface area contributed by atoms with E-state index in [9.17, 15) is 18.0 Å². The topological polar surface area (TPSA) is 42.4 Å². The summed E-state index contributed by atoms with van der Waals surface area (Å²) in [5, 5.41) is 2.95. The molecule has 0 spiro atoms. The monoisotopic (exact) mass is 336 g/mol. The molecule has 0 aliphatic carbocycles. The first-order chi connectivity index (χ1) is 10.3. The Morgan fingerprint density at radius 1 is 1.59 bits per heavy atom. The number of rotatable bonds is 4. The minimum Gasteiger partial charge on any atom is -0.359 e. The van der Waals surface area contributed by atoms with Crippen LogP contribution in [0, 0.1) is 6.92 Å². The Balaban J connectivity index is 1.92. The van der Waals surface area contributed by atoms with E-state index >= 15 is 0 Å². The van der Waals surface area contributed by atoms with Crippen molar-refractivity contribution in [1.29, 1.82) is 0 Å². The molecule has 22 heavy (non-hydrogen) atoms. The molecule has 4 nitrogen and oxygen atoms in total. The Morgan fingerprint density at radius 3 is 2.91 bits per heavy atom.